The molecule has 0 atom stereocenters. The number of hydrogen-bond acceptors (Lipinski definition) is 6. The number of imidazole rings is 1. The normalized spacial score (nSPS) is 9.53. The monoisotopic (exact) mass is 229 g/mol. The zero-order chi connectivity index (χ0) is 12.4. The molecule has 0 amide bonds. The lowest BCUT2D eigenvalue weighted by atomic mass is 10.4. The molecule has 1 N–H and O–H groups in total. The Hall–Kier alpha value is -3.13. The van der Waals surface area contributed by atoms with E-state index >= 15 is 0 Å². The summed E-state index contributed by atoms with van der Waals surface area (Å²) in [6.45, 7) is 0. The van der Waals surface area contributed by atoms with Crippen molar-refractivity contribution in [3.8, 4) is 18.2 Å². The molecule has 0 aliphatic carbocycles. The van der Waals surface area contributed by atoms with Gasteiger partial charge in [-0.3, -0.25) is 0 Å². The first kappa shape index (κ1) is 10.4. The van der Waals surface area contributed by atoms with Gasteiger partial charge in [-0.05, 0) is 0 Å². The van der Waals surface area contributed by atoms with Gasteiger partial charge in [-0.25, -0.2) is 14.3 Å². The van der Waals surface area contributed by atoms with Crippen molar-refractivity contribution in [1.29, 1.82) is 10.5 Å². The number of nitrogens with zero attached hydrogens (tertiary/aromatic N) is 5. The van der Waals surface area contributed by atoms with Crippen LogP contribution in [-0.2, 0) is 0 Å². The Bertz CT molecular complexity index is 670. The van der Waals surface area contributed by atoms with Gasteiger partial charge in [0.15, 0.2) is 17.1 Å². The predicted octanol–water partition coefficient (Wildman–Crippen LogP) is 0.302. The van der Waals surface area contributed by atoms with E-state index in [4.69, 9.17) is 20.0 Å². The third kappa shape index (κ3) is 1.60. The van der Waals surface area contributed by atoms with Gasteiger partial charge in [0.1, 0.15) is 24.7 Å². The second-order valence-corrected chi connectivity index (χ2v) is 2.86. The standard InChI is InChI=1S/C9H3N5O3/c10-1-5-7(2-11)14(4-12-5)9-13-6(3-17-9)8(15)16/h3-4H,(H,15,16). The lowest BCUT2D eigenvalue weighted by Crippen LogP contribution is -2.00. The maximum absolute atomic E-state index is 10.6. The van der Waals surface area contributed by atoms with Crippen LogP contribution in [0, 0.1) is 22.7 Å². The zero-order valence-electron chi connectivity index (χ0n) is 8.15. The van der Waals surface area contributed by atoms with E-state index < -0.39 is 5.97 Å². The van der Waals surface area contributed by atoms with Crippen molar-refractivity contribution >= 4 is 5.97 Å². The van der Waals surface area contributed by atoms with Crippen molar-refractivity contribution in [3.63, 3.8) is 0 Å². The molecule has 0 aromatic carbocycles. The van der Waals surface area contributed by atoms with Gasteiger partial charge in [-0.15, -0.1) is 0 Å². The van der Waals surface area contributed by atoms with Gasteiger partial charge in [-0.1, -0.05) is 0 Å². The number of hydrogen-bond donors (Lipinski definition) is 1. The van der Waals surface area contributed by atoms with Crippen molar-refractivity contribution in [3.05, 3.63) is 29.7 Å². The minimum absolute atomic E-state index is 0.0636. The van der Waals surface area contributed by atoms with E-state index in [1.165, 1.54) is 0 Å². The van der Waals surface area contributed by atoms with Crippen LogP contribution < -0.4 is 0 Å². The maximum Gasteiger partial charge on any atom is 0.357 e. The molecule has 2 aromatic rings. The van der Waals surface area contributed by atoms with E-state index in [-0.39, 0.29) is 23.1 Å². The van der Waals surface area contributed by atoms with Gasteiger partial charge in [0.25, 0.3) is 0 Å². The number of nitriles is 2. The summed E-state index contributed by atoms with van der Waals surface area (Å²) in [5.41, 5.74) is -0.440. The van der Waals surface area contributed by atoms with Crippen LogP contribution in [0.5, 0.6) is 0 Å². The number of aromatic nitrogens is 3. The molecule has 0 spiro atoms. The number of carboxylic acids is 1. The van der Waals surface area contributed by atoms with Crippen molar-refractivity contribution in [2.24, 2.45) is 0 Å². The Morgan fingerprint density at radius 2 is 2.24 bits per heavy atom. The molecular weight excluding hydrogens is 226 g/mol. The molecule has 0 radical (unpaired) electrons. The first-order valence-electron chi connectivity index (χ1n) is 4.24. The fourth-order valence-corrected chi connectivity index (χ4v) is 1.16. The highest BCUT2D eigenvalue weighted by atomic mass is 16.4. The number of carbonyl (C=O) groups is 1. The molecule has 8 heteroatoms. The predicted molar refractivity (Wildman–Crippen MR) is 50.0 cm³/mol. The van der Waals surface area contributed by atoms with E-state index in [1.807, 2.05) is 0 Å². The van der Waals surface area contributed by atoms with E-state index in [9.17, 15) is 4.79 Å². The molecular formula is C9H3N5O3. The van der Waals surface area contributed by atoms with Crippen LogP contribution >= 0.6 is 0 Å². The van der Waals surface area contributed by atoms with Gasteiger partial charge in [-0.2, -0.15) is 15.5 Å². The molecule has 17 heavy (non-hydrogen) atoms. The van der Waals surface area contributed by atoms with Crippen LogP contribution in [0.1, 0.15) is 21.9 Å². The second-order valence-electron chi connectivity index (χ2n) is 2.86. The van der Waals surface area contributed by atoms with E-state index in [0.29, 0.717) is 0 Å². The number of oxazole rings is 1. The molecule has 0 fully saturated rings. The van der Waals surface area contributed by atoms with Crippen LogP contribution in [0.15, 0.2) is 17.0 Å². The quantitative estimate of drug-likeness (QED) is 0.783. The second kappa shape index (κ2) is 3.79. The maximum atomic E-state index is 10.6. The summed E-state index contributed by atoms with van der Waals surface area (Å²) in [6, 6.07) is 3.36. The highest BCUT2D eigenvalue weighted by Crippen LogP contribution is 2.13. The number of rotatable bonds is 2. The molecule has 2 aromatic heterocycles. The van der Waals surface area contributed by atoms with Crippen LogP contribution in [0.3, 0.4) is 0 Å². The minimum Gasteiger partial charge on any atom is -0.476 e. The molecule has 0 saturated carbocycles. The summed E-state index contributed by atoms with van der Waals surface area (Å²) < 4.78 is 5.98. The first-order valence-corrected chi connectivity index (χ1v) is 4.24. The summed E-state index contributed by atoms with van der Waals surface area (Å²) in [5.74, 6) is -1.25. The van der Waals surface area contributed by atoms with Gasteiger partial charge in [0, 0.05) is 0 Å². The van der Waals surface area contributed by atoms with Crippen molar-refractivity contribution in [2.75, 3.05) is 0 Å². The van der Waals surface area contributed by atoms with E-state index in [2.05, 4.69) is 9.97 Å². The van der Waals surface area contributed by atoms with Gasteiger partial charge in [0.05, 0.1) is 0 Å². The molecule has 2 heterocycles. The van der Waals surface area contributed by atoms with E-state index in [0.717, 1.165) is 17.2 Å². The van der Waals surface area contributed by atoms with Crippen molar-refractivity contribution in [1.82, 2.24) is 14.5 Å². The average molecular weight is 229 g/mol. The van der Waals surface area contributed by atoms with Crippen LogP contribution in [-0.4, -0.2) is 25.6 Å². The molecule has 0 aliphatic rings. The van der Waals surface area contributed by atoms with Crippen LogP contribution in [0.25, 0.3) is 6.01 Å². The summed E-state index contributed by atoms with van der Waals surface area (Å²) in [4.78, 5) is 17.9. The molecule has 82 valence electrons. The lowest BCUT2D eigenvalue weighted by molar-refractivity contribution is 0.0690. The summed E-state index contributed by atoms with van der Waals surface area (Å²) in [6.07, 6.45) is 2.10. The molecule has 0 unspecified atom stereocenters. The van der Waals surface area contributed by atoms with Gasteiger partial charge < -0.3 is 9.52 Å². The summed E-state index contributed by atoms with van der Waals surface area (Å²) >= 11 is 0. The molecule has 0 saturated heterocycles. The summed E-state index contributed by atoms with van der Waals surface area (Å²) in [7, 11) is 0. The van der Waals surface area contributed by atoms with Crippen LogP contribution in [0.4, 0.5) is 0 Å². The fourth-order valence-electron chi connectivity index (χ4n) is 1.16. The topological polar surface area (TPSA) is 129 Å². The minimum atomic E-state index is -1.25. The van der Waals surface area contributed by atoms with Crippen molar-refractivity contribution < 1.29 is 14.3 Å². The SMILES string of the molecule is N#Cc1ncn(-c2nc(C(=O)O)co2)c1C#N. The first-order chi connectivity index (χ1) is 8.17. The Kier molecular flexibility index (Phi) is 2.32. The fraction of sp³-hybridized carbons (Fsp3) is 0. The Morgan fingerprint density at radius 3 is 2.76 bits per heavy atom. The largest absolute Gasteiger partial charge is 0.476 e. The number of carboxylic acid groups (broad SMARTS) is 1. The third-order valence-corrected chi connectivity index (χ3v) is 1.90. The highest BCUT2D eigenvalue weighted by Gasteiger charge is 2.17. The third-order valence-electron chi connectivity index (χ3n) is 1.90. The van der Waals surface area contributed by atoms with Crippen molar-refractivity contribution in [2.45, 2.75) is 0 Å². The van der Waals surface area contributed by atoms with E-state index in [1.54, 1.807) is 12.1 Å². The Balaban J connectivity index is 2.54. The molecule has 0 aliphatic heterocycles. The smallest absolute Gasteiger partial charge is 0.357 e. The van der Waals surface area contributed by atoms with Crippen LogP contribution in [0.2, 0.25) is 0 Å². The lowest BCUT2D eigenvalue weighted by Gasteiger charge is -1.94. The number of aromatic carboxylic acids is 1. The molecule has 2 rings (SSSR count). The molecule has 0 bridgehead atoms. The van der Waals surface area contributed by atoms with Gasteiger partial charge >= 0.3 is 12.0 Å². The molecule has 8 nitrogen and oxygen atoms in total. The summed E-state index contributed by atoms with van der Waals surface area (Å²) in [5, 5.41) is 26.2. The van der Waals surface area contributed by atoms with Gasteiger partial charge in [0.2, 0.25) is 0 Å². The average Bonchev–Trinajstić information content (AvgIpc) is 2.94. The highest BCUT2D eigenvalue weighted by molar-refractivity contribution is 5.84. The zero-order valence-corrected chi connectivity index (χ0v) is 8.15. The Labute approximate surface area is 94.0 Å². The Morgan fingerprint density at radius 1 is 1.47 bits per heavy atom.